The van der Waals surface area contributed by atoms with E-state index in [0.29, 0.717) is 12.6 Å². The van der Waals surface area contributed by atoms with Gasteiger partial charge < -0.3 is 21.1 Å². The summed E-state index contributed by atoms with van der Waals surface area (Å²) in [6, 6.07) is 0.244. The normalized spacial score (nSPS) is 38.2. The van der Waals surface area contributed by atoms with Gasteiger partial charge in [0, 0.05) is 24.5 Å². The third-order valence-corrected chi connectivity index (χ3v) is 8.55. The standard InChI is InChI=1S/C24H43N3O3/c1-5-25-23(30)27-19-12-14-24(4)13-11-18(21(28)20(24)16(19)3)15(2)22(29)26-17-9-7-6-8-10-17/h15-21,28H,5-14H2,1-4H3,(H,26,29)(H2,25,27,30)/t15-,16+,18?,19-,20+,21-,24-/m0/s1. The average molecular weight is 422 g/mol. The van der Waals surface area contributed by atoms with Crippen molar-refractivity contribution >= 4 is 11.9 Å². The molecule has 3 aliphatic rings. The zero-order valence-corrected chi connectivity index (χ0v) is 19.4. The van der Waals surface area contributed by atoms with E-state index < -0.39 is 6.10 Å². The van der Waals surface area contributed by atoms with E-state index in [9.17, 15) is 14.7 Å². The van der Waals surface area contributed by atoms with Crippen molar-refractivity contribution in [3.05, 3.63) is 0 Å². The maximum atomic E-state index is 13.0. The maximum absolute atomic E-state index is 13.0. The smallest absolute Gasteiger partial charge is 0.315 e. The van der Waals surface area contributed by atoms with Crippen LogP contribution < -0.4 is 16.0 Å². The molecule has 3 amide bonds. The lowest BCUT2D eigenvalue weighted by molar-refractivity contribution is -0.142. The Morgan fingerprint density at radius 3 is 2.40 bits per heavy atom. The number of nitrogens with one attached hydrogen (secondary N) is 3. The first-order chi connectivity index (χ1) is 14.3. The Balaban J connectivity index is 1.66. The van der Waals surface area contributed by atoms with E-state index in [-0.39, 0.29) is 47.1 Å². The highest BCUT2D eigenvalue weighted by molar-refractivity contribution is 5.79. The van der Waals surface area contributed by atoms with Gasteiger partial charge in [0.25, 0.3) is 0 Å². The summed E-state index contributed by atoms with van der Waals surface area (Å²) in [4.78, 5) is 25.1. The van der Waals surface area contributed by atoms with Crippen LogP contribution in [0.3, 0.4) is 0 Å². The second-order valence-electron chi connectivity index (χ2n) is 10.5. The largest absolute Gasteiger partial charge is 0.392 e. The predicted molar refractivity (Wildman–Crippen MR) is 119 cm³/mol. The van der Waals surface area contributed by atoms with Crippen LogP contribution in [-0.4, -0.2) is 41.8 Å². The molecule has 0 aromatic heterocycles. The summed E-state index contributed by atoms with van der Waals surface area (Å²) in [5, 5.41) is 20.7. The van der Waals surface area contributed by atoms with E-state index >= 15 is 0 Å². The zero-order chi connectivity index (χ0) is 21.9. The Morgan fingerprint density at radius 2 is 1.73 bits per heavy atom. The third-order valence-electron chi connectivity index (χ3n) is 8.55. The van der Waals surface area contributed by atoms with Gasteiger partial charge in [-0.05, 0) is 68.6 Å². The highest BCUT2D eigenvalue weighted by Gasteiger charge is 2.53. The molecule has 1 unspecified atom stereocenters. The molecule has 30 heavy (non-hydrogen) atoms. The third kappa shape index (κ3) is 4.95. The molecule has 0 aromatic rings. The number of carbonyl (C=O) groups is 2. The van der Waals surface area contributed by atoms with Gasteiger partial charge in [-0.3, -0.25) is 4.79 Å². The number of hydrogen-bond donors (Lipinski definition) is 4. The topological polar surface area (TPSA) is 90.5 Å². The molecule has 6 nitrogen and oxygen atoms in total. The van der Waals surface area contributed by atoms with Crippen LogP contribution in [0, 0.1) is 29.1 Å². The van der Waals surface area contributed by atoms with E-state index in [1.165, 1.54) is 19.3 Å². The van der Waals surface area contributed by atoms with Crippen molar-refractivity contribution in [2.24, 2.45) is 29.1 Å². The fraction of sp³-hybridized carbons (Fsp3) is 0.917. The number of urea groups is 1. The summed E-state index contributed by atoms with van der Waals surface area (Å²) in [6.07, 6.45) is 9.20. The fourth-order valence-electron chi connectivity index (χ4n) is 6.65. The van der Waals surface area contributed by atoms with Crippen LogP contribution in [0.4, 0.5) is 4.79 Å². The number of aliphatic hydroxyl groups is 1. The molecule has 0 heterocycles. The Hall–Kier alpha value is -1.30. The molecule has 0 aliphatic heterocycles. The van der Waals surface area contributed by atoms with Crippen molar-refractivity contribution in [1.82, 2.24) is 16.0 Å². The summed E-state index contributed by atoms with van der Waals surface area (Å²) < 4.78 is 0. The highest BCUT2D eigenvalue weighted by Crippen LogP contribution is 2.55. The summed E-state index contributed by atoms with van der Waals surface area (Å²) in [5.74, 6) is 0.183. The Kier molecular flexibility index (Phi) is 7.70. The number of carbonyl (C=O) groups excluding carboxylic acids is 2. The molecule has 7 atom stereocenters. The van der Waals surface area contributed by atoms with Gasteiger partial charge in [0.2, 0.25) is 5.91 Å². The number of amides is 3. The lowest BCUT2D eigenvalue weighted by Crippen LogP contribution is -2.59. The van der Waals surface area contributed by atoms with Gasteiger partial charge in [-0.2, -0.15) is 0 Å². The van der Waals surface area contributed by atoms with E-state index in [1.54, 1.807) is 0 Å². The number of rotatable bonds is 5. The molecule has 172 valence electrons. The fourth-order valence-corrected chi connectivity index (χ4v) is 6.65. The van der Waals surface area contributed by atoms with Crippen LogP contribution >= 0.6 is 0 Å². The van der Waals surface area contributed by atoms with Crippen molar-refractivity contribution in [2.75, 3.05) is 6.54 Å². The van der Waals surface area contributed by atoms with Crippen molar-refractivity contribution in [2.45, 2.75) is 104 Å². The van der Waals surface area contributed by atoms with Crippen LogP contribution in [-0.2, 0) is 4.79 Å². The van der Waals surface area contributed by atoms with Crippen molar-refractivity contribution < 1.29 is 14.7 Å². The van der Waals surface area contributed by atoms with Gasteiger partial charge in [0.1, 0.15) is 0 Å². The summed E-state index contributed by atoms with van der Waals surface area (Å²) >= 11 is 0. The van der Waals surface area contributed by atoms with Crippen LogP contribution in [0.25, 0.3) is 0 Å². The SMILES string of the molecule is CCNC(=O)N[C@H]1CC[C@]2(C)CCC([C@H](C)C(=O)NC3CCCCC3)[C@H](O)[C@H]2[C@@H]1C. The minimum Gasteiger partial charge on any atom is -0.392 e. The molecule has 3 fully saturated rings. The molecular weight excluding hydrogens is 378 g/mol. The zero-order valence-electron chi connectivity index (χ0n) is 19.4. The molecule has 0 bridgehead atoms. The van der Waals surface area contributed by atoms with Crippen molar-refractivity contribution in [1.29, 1.82) is 0 Å². The maximum Gasteiger partial charge on any atom is 0.315 e. The van der Waals surface area contributed by atoms with Crippen LogP contribution in [0.1, 0.15) is 85.5 Å². The molecule has 0 saturated heterocycles. The second kappa shape index (κ2) is 9.88. The van der Waals surface area contributed by atoms with Gasteiger partial charge >= 0.3 is 6.03 Å². The van der Waals surface area contributed by atoms with E-state index in [2.05, 4.69) is 29.8 Å². The lowest BCUT2D eigenvalue weighted by Gasteiger charge is -2.56. The van der Waals surface area contributed by atoms with E-state index in [1.807, 2.05) is 13.8 Å². The van der Waals surface area contributed by atoms with E-state index in [4.69, 9.17) is 0 Å². The van der Waals surface area contributed by atoms with Crippen LogP contribution in [0.15, 0.2) is 0 Å². The minimum atomic E-state index is -0.510. The minimum absolute atomic E-state index is 0.0164. The lowest BCUT2D eigenvalue weighted by atomic mass is 9.51. The monoisotopic (exact) mass is 421 g/mol. The molecule has 0 spiro atoms. The highest BCUT2D eigenvalue weighted by atomic mass is 16.3. The predicted octanol–water partition coefficient (Wildman–Crippen LogP) is 3.58. The quantitative estimate of drug-likeness (QED) is 0.547. The number of fused-ring (bicyclic) bond motifs is 1. The van der Waals surface area contributed by atoms with Gasteiger partial charge in [0.15, 0.2) is 0 Å². The van der Waals surface area contributed by atoms with Gasteiger partial charge in [0.05, 0.1) is 6.10 Å². The first kappa shape index (κ1) is 23.4. The Bertz CT molecular complexity index is 607. The molecule has 3 aliphatic carbocycles. The van der Waals surface area contributed by atoms with Gasteiger partial charge in [-0.15, -0.1) is 0 Å². The van der Waals surface area contributed by atoms with Crippen LogP contribution in [0.2, 0.25) is 0 Å². The molecular formula is C24H43N3O3. The molecule has 6 heteroatoms. The first-order valence-electron chi connectivity index (χ1n) is 12.3. The van der Waals surface area contributed by atoms with Gasteiger partial charge in [-0.25, -0.2) is 4.79 Å². The molecule has 3 rings (SSSR count). The summed E-state index contributed by atoms with van der Waals surface area (Å²) in [7, 11) is 0. The number of aliphatic hydroxyl groups excluding tert-OH is 1. The van der Waals surface area contributed by atoms with Crippen LogP contribution in [0.5, 0.6) is 0 Å². The first-order valence-corrected chi connectivity index (χ1v) is 12.3. The number of hydrogen-bond acceptors (Lipinski definition) is 3. The van der Waals surface area contributed by atoms with E-state index in [0.717, 1.165) is 38.5 Å². The molecule has 4 N–H and O–H groups in total. The Morgan fingerprint density at radius 1 is 1.07 bits per heavy atom. The molecule has 0 radical (unpaired) electrons. The Labute approximate surface area is 182 Å². The summed E-state index contributed by atoms with van der Waals surface area (Å²) in [6.45, 7) is 8.97. The average Bonchev–Trinajstić information content (AvgIpc) is 2.71. The second-order valence-corrected chi connectivity index (χ2v) is 10.5. The van der Waals surface area contributed by atoms with Gasteiger partial charge in [-0.1, -0.05) is 40.0 Å². The molecule has 3 saturated carbocycles. The summed E-state index contributed by atoms with van der Waals surface area (Å²) in [5.41, 5.74) is 0.0777. The van der Waals surface area contributed by atoms with Crippen molar-refractivity contribution in [3.63, 3.8) is 0 Å². The van der Waals surface area contributed by atoms with Crippen molar-refractivity contribution in [3.8, 4) is 0 Å². The molecule has 0 aromatic carbocycles.